The van der Waals surface area contributed by atoms with Crippen molar-refractivity contribution in [2.75, 3.05) is 13.2 Å². The van der Waals surface area contributed by atoms with Gasteiger partial charge >= 0.3 is 5.97 Å². The van der Waals surface area contributed by atoms with Gasteiger partial charge in [-0.2, -0.15) is 0 Å². The summed E-state index contributed by atoms with van der Waals surface area (Å²) in [5.41, 5.74) is 0.528. The summed E-state index contributed by atoms with van der Waals surface area (Å²) in [5, 5.41) is 21.6. The van der Waals surface area contributed by atoms with Crippen LogP contribution in [-0.2, 0) is 20.9 Å². The largest absolute Gasteiger partial charge is 0.460 e. The second-order valence-electron chi connectivity index (χ2n) is 16.9. The number of fused-ring (bicyclic) bond motifs is 7. The number of hydrogen-bond donors (Lipinski definition) is 2. The van der Waals surface area contributed by atoms with Crippen LogP contribution in [0.15, 0.2) is 30.3 Å². The second-order valence-corrected chi connectivity index (χ2v) is 16.9. The normalized spacial score (nSPS) is 52.8. The molecule has 6 aliphatic rings. The van der Waals surface area contributed by atoms with Gasteiger partial charge in [0.1, 0.15) is 6.61 Å². The van der Waals surface area contributed by atoms with E-state index in [1.165, 1.54) is 6.42 Å². The van der Waals surface area contributed by atoms with Crippen LogP contribution in [-0.4, -0.2) is 41.1 Å². The summed E-state index contributed by atoms with van der Waals surface area (Å²) in [6.45, 7) is 13.4. The summed E-state index contributed by atoms with van der Waals surface area (Å²) < 4.78 is 12.4. The molecular formula is C37H54O5. The van der Waals surface area contributed by atoms with E-state index in [1.54, 1.807) is 0 Å². The van der Waals surface area contributed by atoms with Crippen LogP contribution in [0.2, 0.25) is 0 Å². The molecule has 232 valence electrons. The van der Waals surface area contributed by atoms with Gasteiger partial charge in [0, 0.05) is 5.41 Å². The molecule has 0 radical (unpaired) electrons. The van der Waals surface area contributed by atoms with Gasteiger partial charge in [-0.3, -0.25) is 4.79 Å². The number of esters is 1. The number of benzene rings is 1. The van der Waals surface area contributed by atoms with Crippen LogP contribution >= 0.6 is 0 Å². The van der Waals surface area contributed by atoms with E-state index in [0.29, 0.717) is 36.2 Å². The van der Waals surface area contributed by atoms with E-state index >= 15 is 0 Å². The number of rotatable bonds is 5. The fourth-order valence-corrected chi connectivity index (χ4v) is 12.8. The zero-order valence-electron chi connectivity index (χ0n) is 26.7. The zero-order valence-corrected chi connectivity index (χ0v) is 26.7. The van der Waals surface area contributed by atoms with Gasteiger partial charge in [0.25, 0.3) is 0 Å². The first-order valence-corrected chi connectivity index (χ1v) is 17.0. The topological polar surface area (TPSA) is 79.3 Å². The molecule has 0 bridgehead atoms. The van der Waals surface area contributed by atoms with E-state index in [4.69, 9.17) is 9.47 Å². The molecule has 5 heteroatoms. The second kappa shape index (κ2) is 9.54. The maximum absolute atomic E-state index is 14.3. The minimum absolute atomic E-state index is 0.0353. The Morgan fingerprint density at radius 3 is 2.29 bits per heavy atom. The maximum atomic E-state index is 14.3. The van der Waals surface area contributed by atoms with Crippen molar-refractivity contribution in [3.05, 3.63) is 35.9 Å². The first-order chi connectivity index (χ1) is 19.9. The first-order valence-electron chi connectivity index (χ1n) is 17.0. The van der Waals surface area contributed by atoms with Crippen LogP contribution in [0.3, 0.4) is 0 Å². The molecule has 5 saturated carbocycles. The average molecular weight is 579 g/mol. The monoisotopic (exact) mass is 578 g/mol. The molecule has 6 fully saturated rings. The Hall–Kier alpha value is -1.43. The highest BCUT2D eigenvalue weighted by atomic mass is 16.6. The molecule has 1 aromatic rings. The molecule has 0 aromatic heterocycles. The smallest absolute Gasteiger partial charge is 0.312 e. The number of carbonyl (C=O) groups excluding carboxylic acids is 1. The molecule has 0 amide bonds. The highest BCUT2D eigenvalue weighted by molar-refractivity contribution is 5.78. The van der Waals surface area contributed by atoms with Crippen molar-refractivity contribution in [1.82, 2.24) is 0 Å². The number of hydrogen-bond acceptors (Lipinski definition) is 5. The molecule has 2 N–H and O–H groups in total. The standard InChI is InChI=1S/C37H54O5/c1-32-16-15-29(39)33(2,22-38)27(32)14-17-35(4)28(32)12-11-25-30-26(36(5)23-42-36)13-18-37(30,20-19-34(25,35)3)31(40)41-21-24-9-7-6-8-10-24/h6-10,25-30,38-39H,11-23H2,1-5H3/t25?,26?,27?,28?,29-,30?,32-,33-,34+,35+,36?,37-/m0/s1. The predicted molar refractivity (Wildman–Crippen MR) is 162 cm³/mol. The van der Waals surface area contributed by atoms with Crippen LogP contribution in [0.1, 0.15) is 104 Å². The fraction of sp³-hybridized carbons (Fsp3) is 0.811. The Labute approximate surface area is 253 Å². The quantitative estimate of drug-likeness (QED) is 0.293. The lowest BCUT2D eigenvalue weighted by Gasteiger charge is -2.72. The van der Waals surface area contributed by atoms with Gasteiger partial charge in [0.15, 0.2) is 0 Å². The van der Waals surface area contributed by atoms with Crippen molar-refractivity contribution in [2.24, 2.45) is 56.7 Å². The van der Waals surface area contributed by atoms with E-state index < -0.39 is 16.9 Å². The van der Waals surface area contributed by atoms with Gasteiger partial charge in [-0.25, -0.2) is 0 Å². The molecule has 12 atom stereocenters. The maximum Gasteiger partial charge on any atom is 0.312 e. The van der Waals surface area contributed by atoms with E-state index in [1.807, 2.05) is 30.3 Å². The Morgan fingerprint density at radius 2 is 1.60 bits per heavy atom. The molecule has 1 aliphatic heterocycles. The Kier molecular flexibility index (Phi) is 6.65. The van der Waals surface area contributed by atoms with Gasteiger partial charge in [-0.1, -0.05) is 58.0 Å². The molecule has 6 unspecified atom stereocenters. The predicted octanol–water partition coefficient (Wildman–Crippen LogP) is 6.93. The average Bonchev–Trinajstić information content (AvgIpc) is 3.59. The summed E-state index contributed by atoms with van der Waals surface area (Å²) >= 11 is 0. The van der Waals surface area contributed by atoms with Crippen LogP contribution in [0.5, 0.6) is 0 Å². The summed E-state index contributed by atoms with van der Waals surface area (Å²) in [5.74, 6) is 2.11. The lowest BCUT2D eigenvalue weighted by Crippen LogP contribution is -2.68. The highest BCUT2D eigenvalue weighted by Crippen LogP contribution is 2.78. The molecule has 5 nitrogen and oxygen atoms in total. The van der Waals surface area contributed by atoms with Crippen molar-refractivity contribution in [3.63, 3.8) is 0 Å². The Bertz CT molecular complexity index is 1210. The van der Waals surface area contributed by atoms with E-state index in [2.05, 4.69) is 34.6 Å². The van der Waals surface area contributed by atoms with Gasteiger partial charge in [-0.15, -0.1) is 0 Å². The molecular weight excluding hydrogens is 524 g/mol. The highest BCUT2D eigenvalue weighted by Gasteiger charge is 2.74. The Balaban J connectivity index is 1.23. The number of carbonyl (C=O) groups is 1. The first kappa shape index (κ1) is 29.3. The van der Waals surface area contributed by atoms with Crippen molar-refractivity contribution in [2.45, 2.75) is 117 Å². The van der Waals surface area contributed by atoms with Crippen LogP contribution < -0.4 is 0 Å². The zero-order chi connectivity index (χ0) is 29.8. The van der Waals surface area contributed by atoms with Crippen molar-refractivity contribution in [1.29, 1.82) is 0 Å². The summed E-state index contributed by atoms with van der Waals surface area (Å²) in [7, 11) is 0. The van der Waals surface area contributed by atoms with Gasteiger partial charge in [-0.05, 0) is 123 Å². The lowest BCUT2D eigenvalue weighted by molar-refractivity contribution is -0.256. The SMILES string of the molecule is CC1(C2CC[C@]3(C(=O)OCc4ccccc4)CC[C@]4(C)C(CCC5[C@@]6(C)CC[C@H](O)[C@@](C)(CO)C6CC[C@]54C)C23)CO1. The minimum Gasteiger partial charge on any atom is -0.460 e. The summed E-state index contributed by atoms with van der Waals surface area (Å²) in [6, 6.07) is 10.1. The van der Waals surface area contributed by atoms with E-state index in [9.17, 15) is 15.0 Å². The molecule has 1 heterocycles. The number of aliphatic hydroxyl groups excluding tert-OH is 2. The fourth-order valence-electron chi connectivity index (χ4n) is 12.8. The van der Waals surface area contributed by atoms with Gasteiger partial charge < -0.3 is 19.7 Å². The van der Waals surface area contributed by atoms with Gasteiger partial charge in [0.05, 0.1) is 30.3 Å². The van der Waals surface area contributed by atoms with Crippen molar-refractivity contribution < 1.29 is 24.5 Å². The third-order valence-electron chi connectivity index (χ3n) is 15.6. The number of epoxide rings is 1. The molecule has 1 saturated heterocycles. The molecule has 0 spiro atoms. The van der Waals surface area contributed by atoms with E-state index in [0.717, 1.165) is 70.0 Å². The van der Waals surface area contributed by atoms with Crippen molar-refractivity contribution >= 4 is 5.97 Å². The van der Waals surface area contributed by atoms with Gasteiger partial charge in [0.2, 0.25) is 0 Å². The van der Waals surface area contributed by atoms with Crippen LogP contribution in [0, 0.1) is 56.7 Å². The Morgan fingerprint density at radius 1 is 0.857 bits per heavy atom. The minimum atomic E-state index is -0.426. The third-order valence-corrected chi connectivity index (χ3v) is 15.6. The summed E-state index contributed by atoms with van der Waals surface area (Å²) in [6.07, 6.45) is 9.92. The molecule has 5 aliphatic carbocycles. The van der Waals surface area contributed by atoms with Crippen LogP contribution in [0.25, 0.3) is 0 Å². The van der Waals surface area contributed by atoms with Crippen LogP contribution in [0.4, 0.5) is 0 Å². The molecule has 7 rings (SSSR count). The van der Waals surface area contributed by atoms with Crippen molar-refractivity contribution in [3.8, 4) is 0 Å². The lowest BCUT2D eigenvalue weighted by atomic mass is 9.32. The number of ether oxygens (including phenoxy) is 2. The molecule has 42 heavy (non-hydrogen) atoms. The molecule has 1 aromatic carbocycles. The number of aliphatic hydroxyl groups is 2. The van der Waals surface area contributed by atoms with E-state index in [-0.39, 0.29) is 34.4 Å². The summed E-state index contributed by atoms with van der Waals surface area (Å²) in [4.78, 5) is 14.3. The third kappa shape index (κ3) is 3.75.